The third kappa shape index (κ3) is 8.73. The molecule has 1 aliphatic rings. The van der Waals surface area contributed by atoms with Crippen LogP contribution in [0.15, 0.2) is 65.7 Å². The van der Waals surface area contributed by atoms with Crippen molar-refractivity contribution in [3.05, 3.63) is 71.8 Å². The van der Waals surface area contributed by atoms with Gasteiger partial charge in [-0.25, -0.2) is 9.59 Å². The Morgan fingerprint density at radius 1 is 0.811 bits per heavy atom. The van der Waals surface area contributed by atoms with Crippen LogP contribution in [0.1, 0.15) is 85.3 Å². The van der Waals surface area contributed by atoms with Crippen LogP contribution in [-0.2, 0) is 14.3 Å². The lowest BCUT2D eigenvalue weighted by molar-refractivity contribution is -0.161. The van der Waals surface area contributed by atoms with E-state index >= 15 is 0 Å². The number of benzene rings is 2. The number of aliphatic imine (C=N–C) groups is 1. The molecule has 37 heavy (non-hydrogen) atoms. The van der Waals surface area contributed by atoms with E-state index in [1.807, 2.05) is 109 Å². The fourth-order valence-corrected chi connectivity index (χ4v) is 4.73. The first-order valence-electron chi connectivity index (χ1n) is 13.2. The number of carbonyl (C=O) groups excluding carboxylic acids is 2. The molecule has 3 atom stereocenters. The molecule has 6 heteroatoms. The van der Waals surface area contributed by atoms with E-state index in [0.29, 0.717) is 6.42 Å². The van der Waals surface area contributed by atoms with Gasteiger partial charge >= 0.3 is 12.1 Å². The second kappa shape index (κ2) is 11.5. The molecule has 1 amide bonds. The van der Waals surface area contributed by atoms with Crippen LogP contribution in [-0.4, -0.2) is 40.6 Å². The van der Waals surface area contributed by atoms with Gasteiger partial charge in [-0.1, -0.05) is 60.7 Å². The van der Waals surface area contributed by atoms with Crippen molar-refractivity contribution in [2.75, 3.05) is 0 Å². The first kappa shape index (κ1) is 28.4. The lowest BCUT2D eigenvalue weighted by Gasteiger charge is -2.31. The largest absolute Gasteiger partial charge is 0.458 e. The second-order valence-electron chi connectivity index (χ2n) is 12.2. The minimum absolute atomic E-state index is 0.00873. The van der Waals surface area contributed by atoms with Crippen LogP contribution in [0.3, 0.4) is 0 Å². The van der Waals surface area contributed by atoms with Gasteiger partial charge < -0.3 is 14.8 Å². The van der Waals surface area contributed by atoms with E-state index in [-0.39, 0.29) is 17.9 Å². The monoisotopic (exact) mass is 506 g/mol. The van der Waals surface area contributed by atoms with Crippen LogP contribution in [0, 0.1) is 5.92 Å². The Morgan fingerprint density at radius 2 is 1.32 bits per heavy atom. The molecule has 0 saturated heterocycles. The molecule has 0 bridgehead atoms. The molecule has 1 saturated carbocycles. The molecule has 0 aliphatic heterocycles. The SMILES string of the molecule is CC(C)(C)OC(=O)NC1CC[C@@H](CC(C)(N=C(c2ccccc2)c2ccccc2)C(=O)OC(C)(C)C)C1. The summed E-state index contributed by atoms with van der Waals surface area (Å²) in [5.74, 6) is -0.137. The average molecular weight is 507 g/mol. The minimum Gasteiger partial charge on any atom is -0.458 e. The molecule has 200 valence electrons. The Hall–Kier alpha value is -3.15. The van der Waals surface area contributed by atoms with Gasteiger partial charge in [0.15, 0.2) is 5.54 Å². The van der Waals surface area contributed by atoms with Gasteiger partial charge in [0.25, 0.3) is 0 Å². The summed E-state index contributed by atoms with van der Waals surface area (Å²) in [6.07, 6.45) is 2.61. The maximum Gasteiger partial charge on any atom is 0.407 e. The number of alkyl carbamates (subject to hydrolysis) is 1. The zero-order valence-electron chi connectivity index (χ0n) is 23.3. The molecule has 2 aromatic carbocycles. The standard InChI is InChI=1S/C31H42N2O4/c1-29(2,3)36-27(34)31(7,21-22-18-19-25(20-22)32-28(35)37-30(4,5)6)33-26(23-14-10-8-11-15-23)24-16-12-9-13-17-24/h8-17,22,25H,18-21H2,1-7H3,(H,32,35)/t22-,25?,31?/m1/s1. The van der Waals surface area contributed by atoms with Gasteiger partial charge in [-0.15, -0.1) is 0 Å². The zero-order chi connectivity index (χ0) is 27.3. The molecule has 2 aromatic rings. The predicted molar refractivity (Wildman–Crippen MR) is 148 cm³/mol. The molecule has 1 fully saturated rings. The summed E-state index contributed by atoms with van der Waals surface area (Å²) >= 11 is 0. The fourth-order valence-electron chi connectivity index (χ4n) is 4.73. The summed E-state index contributed by atoms with van der Waals surface area (Å²) in [5, 5.41) is 3.00. The molecule has 1 N–H and O–H groups in total. The highest BCUT2D eigenvalue weighted by atomic mass is 16.6. The highest BCUT2D eigenvalue weighted by molar-refractivity contribution is 6.13. The molecular weight excluding hydrogens is 464 g/mol. The Morgan fingerprint density at radius 3 is 1.81 bits per heavy atom. The van der Waals surface area contributed by atoms with Crippen molar-refractivity contribution >= 4 is 17.8 Å². The third-order valence-corrected chi connectivity index (χ3v) is 6.24. The number of esters is 1. The van der Waals surface area contributed by atoms with Crippen LogP contribution in [0.4, 0.5) is 4.79 Å². The average Bonchev–Trinajstić information content (AvgIpc) is 3.22. The Kier molecular flexibility index (Phi) is 8.83. The van der Waals surface area contributed by atoms with Gasteiger partial charge in [0.05, 0.1) is 5.71 Å². The van der Waals surface area contributed by atoms with Crippen molar-refractivity contribution in [2.24, 2.45) is 10.9 Å². The molecule has 0 aromatic heterocycles. The lowest BCUT2D eigenvalue weighted by atomic mass is 9.87. The van der Waals surface area contributed by atoms with Crippen LogP contribution in [0.25, 0.3) is 0 Å². The molecule has 6 nitrogen and oxygen atoms in total. The normalized spacial score (nSPS) is 19.4. The molecule has 1 aliphatic carbocycles. The van der Waals surface area contributed by atoms with E-state index in [1.165, 1.54) is 0 Å². The quantitative estimate of drug-likeness (QED) is 0.334. The Balaban J connectivity index is 1.90. The molecule has 0 spiro atoms. The lowest BCUT2D eigenvalue weighted by Crippen LogP contribution is -2.42. The van der Waals surface area contributed by atoms with Crippen molar-refractivity contribution < 1.29 is 19.1 Å². The van der Waals surface area contributed by atoms with Crippen LogP contribution in [0.2, 0.25) is 0 Å². The predicted octanol–water partition coefficient (Wildman–Crippen LogP) is 6.71. The summed E-state index contributed by atoms with van der Waals surface area (Å²) in [6.45, 7) is 13.1. The van der Waals surface area contributed by atoms with Crippen molar-refractivity contribution in [3.8, 4) is 0 Å². The zero-order valence-corrected chi connectivity index (χ0v) is 23.3. The maximum absolute atomic E-state index is 13.7. The van der Waals surface area contributed by atoms with Crippen molar-refractivity contribution in [2.45, 2.75) is 96.9 Å². The van der Waals surface area contributed by atoms with E-state index in [2.05, 4.69) is 5.32 Å². The number of amides is 1. The van der Waals surface area contributed by atoms with Crippen molar-refractivity contribution in [1.82, 2.24) is 5.32 Å². The van der Waals surface area contributed by atoms with E-state index < -0.39 is 22.8 Å². The van der Waals surface area contributed by atoms with Crippen molar-refractivity contribution in [3.63, 3.8) is 0 Å². The Labute approximate surface area is 221 Å². The number of hydrogen-bond acceptors (Lipinski definition) is 5. The molecule has 0 heterocycles. The third-order valence-electron chi connectivity index (χ3n) is 6.24. The van der Waals surface area contributed by atoms with Crippen LogP contribution < -0.4 is 5.32 Å². The number of nitrogens with one attached hydrogen (secondary N) is 1. The van der Waals surface area contributed by atoms with Crippen LogP contribution in [0.5, 0.6) is 0 Å². The topological polar surface area (TPSA) is 77.0 Å². The first-order chi connectivity index (χ1) is 17.2. The van der Waals surface area contributed by atoms with E-state index in [4.69, 9.17) is 14.5 Å². The summed E-state index contributed by atoms with van der Waals surface area (Å²) < 4.78 is 11.3. The van der Waals surface area contributed by atoms with Gasteiger partial charge in [0.1, 0.15) is 11.2 Å². The summed E-state index contributed by atoms with van der Waals surface area (Å²) in [6, 6.07) is 19.9. The smallest absolute Gasteiger partial charge is 0.407 e. The van der Waals surface area contributed by atoms with Gasteiger partial charge in [0, 0.05) is 17.2 Å². The highest BCUT2D eigenvalue weighted by Crippen LogP contribution is 2.36. The van der Waals surface area contributed by atoms with E-state index in [9.17, 15) is 9.59 Å². The number of carbonyl (C=O) groups is 2. The van der Waals surface area contributed by atoms with E-state index in [1.54, 1.807) is 0 Å². The fraction of sp³-hybridized carbons (Fsp3) is 0.516. The molecular formula is C31H42N2O4. The number of ether oxygens (including phenoxy) is 2. The summed E-state index contributed by atoms with van der Waals surface area (Å²) in [7, 11) is 0. The Bertz CT molecular complexity index is 1040. The molecule has 3 rings (SSSR count). The molecule has 2 unspecified atom stereocenters. The van der Waals surface area contributed by atoms with Gasteiger partial charge in [-0.05, 0) is 80.1 Å². The first-order valence-corrected chi connectivity index (χ1v) is 13.2. The minimum atomic E-state index is -1.10. The van der Waals surface area contributed by atoms with Gasteiger partial charge in [-0.3, -0.25) is 4.99 Å². The number of rotatable bonds is 7. The second-order valence-corrected chi connectivity index (χ2v) is 12.2. The van der Waals surface area contributed by atoms with Crippen molar-refractivity contribution in [1.29, 1.82) is 0 Å². The highest BCUT2D eigenvalue weighted by Gasteiger charge is 2.42. The van der Waals surface area contributed by atoms with Gasteiger partial charge in [0.2, 0.25) is 0 Å². The van der Waals surface area contributed by atoms with Crippen LogP contribution >= 0.6 is 0 Å². The molecule has 0 radical (unpaired) electrons. The van der Waals surface area contributed by atoms with Gasteiger partial charge in [-0.2, -0.15) is 0 Å². The van der Waals surface area contributed by atoms with E-state index in [0.717, 1.165) is 36.1 Å². The number of hydrogen-bond donors (Lipinski definition) is 1. The maximum atomic E-state index is 13.7. The summed E-state index contributed by atoms with van der Waals surface area (Å²) in [4.78, 5) is 31.1. The number of nitrogens with zero attached hydrogens (tertiary/aromatic N) is 1. The summed E-state index contributed by atoms with van der Waals surface area (Å²) in [5.41, 5.74) is 0.371.